The van der Waals surface area contributed by atoms with Crippen LogP contribution in [0.1, 0.15) is 59.3 Å². The van der Waals surface area contributed by atoms with Crippen molar-refractivity contribution in [2.75, 3.05) is 13.1 Å². The fourth-order valence-electron chi connectivity index (χ4n) is 3.69. The van der Waals surface area contributed by atoms with Crippen LogP contribution in [0.25, 0.3) is 0 Å². The maximum atomic E-state index is 12.5. The van der Waals surface area contributed by atoms with Crippen molar-refractivity contribution < 1.29 is 4.79 Å². The van der Waals surface area contributed by atoms with Crippen LogP contribution in [0, 0.1) is 5.92 Å². The van der Waals surface area contributed by atoms with Gasteiger partial charge in [-0.25, -0.2) is 0 Å². The van der Waals surface area contributed by atoms with Crippen molar-refractivity contribution in [2.24, 2.45) is 11.7 Å². The number of hydrogen-bond acceptors (Lipinski definition) is 3. The van der Waals surface area contributed by atoms with Crippen LogP contribution >= 0.6 is 0 Å². The lowest BCUT2D eigenvalue weighted by molar-refractivity contribution is -0.129. The molecule has 2 unspecified atom stereocenters. The van der Waals surface area contributed by atoms with Gasteiger partial charge in [0, 0.05) is 25.2 Å². The summed E-state index contributed by atoms with van der Waals surface area (Å²) in [7, 11) is 0. The number of rotatable bonds is 3. The molecule has 4 heteroatoms. The van der Waals surface area contributed by atoms with Crippen molar-refractivity contribution in [1.29, 1.82) is 0 Å². The first-order valence-corrected chi connectivity index (χ1v) is 8.24. The van der Waals surface area contributed by atoms with Gasteiger partial charge in [-0.2, -0.15) is 0 Å². The van der Waals surface area contributed by atoms with Crippen molar-refractivity contribution in [2.45, 2.75) is 76.9 Å². The first-order valence-electron chi connectivity index (χ1n) is 8.24. The van der Waals surface area contributed by atoms with Crippen molar-refractivity contribution in [3.8, 4) is 0 Å². The summed E-state index contributed by atoms with van der Waals surface area (Å²) in [5.74, 6) is 0.661. The largest absolute Gasteiger partial charge is 0.352 e. The Bertz CT molecular complexity index is 337. The maximum absolute atomic E-state index is 12.5. The molecule has 1 heterocycles. The van der Waals surface area contributed by atoms with Gasteiger partial charge in [0.15, 0.2) is 0 Å². The lowest BCUT2D eigenvalue weighted by Gasteiger charge is -2.39. The Labute approximate surface area is 123 Å². The van der Waals surface area contributed by atoms with Crippen LogP contribution in [0.5, 0.6) is 0 Å². The van der Waals surface area contributed by atoms with Gasteiger partial charge >= 0.3 is 0 Å². The van der Waals surface area contributed by atoms with Crippen LogP contribution in [0.3, 0.4) is 0 Å². The van der Waals surface area contributed by atoms with Gasteiger partial charge in [-0.05, 0) is 45.4 Å². The highest BCUT2D eigenvalue weighted by Crippen LogP contribution is 2.30. The molecule has 4 nitrogen and oxygen atoms in total. The van der Waals surface area contributed by atoms with Gasteiger partial charge < -0.3 is 16.0 Å². The molecule has 3 N–H and O–H groups in total. The van der Waals surface area contributed by atoms with Crippen molar-refractivity contribution in [3.63, 3.8) is 0 Å². The minimum Gasteiger partial charge on any atom is -0.352 e. The van der Waals surface area contributed by atoms with E-state index in [0.29, 0.717) is 18.0 Å². The Hall–Kier alpha value is -0.610. The van der Waals surface area contributed by atoms with Crippen molar-refractivity contribution >= 4 is 5.91 Å². The van der Waals surface area contributed by atoms with E-state index in [1.165, 1.54) is 6.42 Å². The molecule has 2 rings (SSSR count). The molecule has 2 fully saturated rings. The molecule has 1 saturated carbocycles. The van der Waals surface area contributed by atoms with Crippen LogP contribution < -0.4 is 11.1 Å². The van der Waals surface area contributed by atoms with Crippen LogP contribution in [-0.2, 0) is 4.79 Å². The second kappa shape index (κ2) is 6.44. The second-order valence-electron chi connectivity index (χ2n) is 7.24. The predicted octanol–water partition coefficient (Wildman–Crippen LogP) is 1.88. The van der Waals surface area contributed by atoms with Crippen LogP contribution in [0.2, 0.25) is 0 Å². The van der Waals surface area contributed by atoms with E-state index in [0.717, 1.165) is 45.2 Å². The third kappa shape index (κ3) is 3.73. The summed E-state index contributed by atoms with van der Waals surface area (Å²) in [5, 5.41) is 3.22. The number of hydrogen-bond donors (Lipinski definition) is 2. The highest BCUT2D eigenvalue weighted by molar-refractivity contribution is 5.86. The molecular formula is C16H31N3O. The van der Waals surface area contributed by atoms with E-state index in [-0.39, 0.29) is 5.91 Å². The average molecular weight is 281 g/mol. The third-order valence-corrected chi connectivity index (χ3v) is 5.08. The summed E-state index contributed by atoms with van der Waals surface area (Å²) in [5.41, 5.74) is 5.75. The van der Waals surface area contributed by atoms with Gasteiger partial charge in [-0.15, -0.1) is 0 Å². The number of nitrogens with one attached hydrogen (secondary N) is 1. The summed E-state index contributed by atoms with van der Waals surface area (Å²) >= 11 is 0. The number of carbonyl (C=O) groups is 1. The molecular weight excluding hydrogens is 250 g/mol. The molecule has 0 spiro atoms. The molecule has 1 aliphatic carbocycles. The first kappa shape index (κ1) is 15.8. The Morgan fingerprint density at radius 3 is 2.50 bits per heavy atom. The van der Waals surface area contributed by atoms with Crippen LogP contribution in [0.4, 0.5) is 0 Å². The van der Waals surface area contributed by atoms with Crippen molar-refractivity contribution in [1.82, 2.24) is 10.2 Å². The Kier molecular flexibility index (Phi) is 5.08. The molecule has 2 aliphatic rings. The number of piperidine rings is 1. The van der Waals surface area contributed by atoms with Gasteiger partial charge in [-0.3, -0.25) is 4.79 Å². The normalized spacial score (nSPS) is 33.4. The molecule has 2 atom stereocenters. The van der Waals surface area contributed by atoms with Crippen molar-refractivity contribution in [3.05, 3.63) is 0 Å². The summed E-state index contributed by atoms with van der Waals surface area (Å²) in [6.45, 7) is 8.83. The number of likely N-dealkylation sites (tertiary alicyclic amines) is 1. The van der Waals surface area contributed by atoms with Gasteiger partial charge in [0.25, 0.3) is 0 Å². The monoisotopic (exact) mass is 281 g/mol. The summed E-state index contributed by atoms with van der Waals surface area (Å²) < 4.78 is 0. The molecule has 1 amide bonds. The van der Waals surface area contributed by atoms with Crippen LogP contribution in [-0.4, -0.2) is 41.5 Å². The van der Waals surface area contributed by atoms with E-state index in [2.05, 4.69) is 31.0 Å². The average Bonchev–Trinajstić information content (AvgIpc) is 2.39. The molecule has 0 radical (unpaired) electrons. The standard InChI is InChI=1S/C16H31N3O/c1-12(2)19-9-6-14(7-10-19)18-15(20)16(17)8-4-5-13(3)11-16/h12-14H,4-11,17H2,1-3H3,(H,18,20). The smallest absolute Gasteiger partial charge is 0.240 e. The number of nitrogens with zero attached hydrogens (tertiary/aromatic N) is 1. The van der Waals surface area contributed by atoms with E-state index < -0.39 is 5.54 Å². The fraction of sp³-hybridized carbons (Fsp3) is 0.938. The quantitative estimate of drug-likeness (QED) is 0.830. The topological polar surface area (TPSA) is 58.4 Å². The van der Waals surface area contributed by atoms with Gasteiger partial charge in [0.1, 0.15) is 0 Å². The van der Waals surface area contributed by atoms with E-state index in [4.69, 9.17) is 5.73 Å². The molecule has 1 aliphatic heterocycles. The minimum absolute atomic E-state index is 0.0899. The predicted molar refractivity (Wildman–Crippen MR) is 82.4 cm³/mol. The zero-order valence-electron chi connectivity index (χ0n) is 13.3. The second-order valence-corrected chi connectivity index (χ2v) is 7.24. The van der Waals surface area contributed by atoms with Gasteiger partial charge in [0.2, 0.25) is 5.91 Å². The fourth-order valence-corrected chi connectivity index (χ4v) is 3.69. The molecule has 0 bridgehead atoms. The Balaban J connectivity index is 1.83. The highest BCUT2D eigenvalue weighted by atomic mass is 16.2. The van der Waals surface area contributed by atoms with E-state index in [9.17, 15) is 4.79 Å². The Morgan fingerprint density at radius 1 is 1.30 bits per heavy atom. The van der Waals surface area contributed by atoms with E-state index in [1.807, 2.05) is 0 Å². The molecule has 116 valence electrons. The molecule has 0 aromatic carbocycles. The van der Waals surface area contributed by atoms with E-state index in [1.54, 1.807) is 0 Å². The summed E-state index contributed by atoms with van der Waals surface area (Å²) in [6, 6.07) is 0.918. The highest BCUT2D eigenvalue weighted by Gasteiger charge is 2.39. The third-order valence-electron chi connectivity index (χ3n) is 5.08. The first-order chi connectivity index (χ1) is 9.40. The minimum atomic E-state index is -0.618. The molecule has 1 saturated heterocycles. The maximum Gasteiger partial charge on any atom is 0.240 e. The zero-order chi connectivity index (χ0) is 14.8. The summed E-state index contributed by atoms with van der Waals surface area (Å²) in [4.78, 5) is 15.0. The number of carbonyl (C=O) groups excluding carboxylic acids is 1. The van der Waals surface area contributed by atoms with Crippen LogP contribution in [0.15, 0.2) is 0 Å². The number of amides is 1. The zero-order valence-corrected chi connectivity index (χ0v) is 13.3. The molecule has 0 aromatic rings. The van der Waals surface area contributed by atoms with E-state index >= 15 is 0 Å². The van der Waals surface area contributed by atoms with Gasteiger partial charge in [-0.1, -0.05) is 19.8 Å². The Morgan fingerprint density at radius 2 is 1.95 bits per heavy atom. The molecule has 20 heavy (non-hydrogen) atoms. The SMILES string of the molecule is CC1CCCC(N)(C(=O)NC2CCN(C(C)C)CC2)C1. The lowest BCUT2D eigenvalue weighted by atomic mass is 9.76. The van der Waals surface area contributed by atoms with Gasteiger partial charge in [0.05, 0.1) is 5.54 Å². The molecule has 0 aromatic heterocycles. The summed E-state index contributed by atoms with van der Waals surface area (Å²) in [6.07, 6.45) is 6.07. The number of nitrogens with two attached hydrogens (primary N) is 1. The lowest BCUT2D eigenvalue weighted by Crippen LogP contribution is -2.59.